The highest BCUT2D eigenvalue weighted by Gasteiger charge is 2.25. The zero-order chi connectivity index (χ0) is 33.3. The molecule has 0 unspecified atom stereocenters. The molecule has 11 heteroatoms. The highest BCUT2D eigenvalue weighted by atomic mass is 32.1. The number of benzene rings is 2. The Morgan fingerprint density at radius 1 is 1.02 bits per heavy atom. The van der Waals surface area contributed by atoms with Crippen LogP contribution in [0.5, 0.6) is 0 Å². The maximum Gasteiger partial charge on any atom is 0.407 e. The van der Waals surface area contributed by atoms with E-state index in [0.717, 1.165) is 54.3 Å². The standard InChI is InChI=1S/C37H39N5O5S/c1-46-36(44)33-30(20-26-14-18-42(19-15-26)23-28-22-40-35(48-28)31-11-5-6-16-38-31)34(43)29-13-12-25(21-32(29)41-33)10-7-17-39-37(45)47-24-27-8-3-2-4-9-27/h2-6,8-9,11-13,16,21-22,26H,7,10,14-15,17-20,23-24H2,1H3,(H,39,45)(H,41,43). The van der Waals surface area contributed by atoms with Gasteiger partial charge in [-0.2, -0.15) is 0 Å². The number of carbonyl (C=O) groups is 2. The number of hydrogen-bond donors (Lipinski definition) is 2. The van der Waals surface area contributed by atoms with Gasteiger partial charge in [0.25, 0.3) is 0 Å². The van der Waals surface area contributed by atoms with E-state index < -0.39 is 12.1 Å². The van der Waals surface area contributed by atoms with E-state index >= 15 is 0 Å². The van der Waals surface area contributed by atoms with Crippen molar-refractivity contribution in [3.05, 3.63) is 117 Å². The van der Waals surface area contributed by atoms with Crippen LogP contribution in [0.15, 0.2) is 83.9 Å². The van der Waals surface area contributed by atoms with Crippen LogP contribution in [0, 0.1) is 5.92 Å². The second-order valence-corrected chi connectivity index (χ2v) is 13.2. The molecule has 2 N–H and O–H groups in total. The van der Waals surface area contributed by atoms with Crippen LogP contribution in [-0.2, 0) is 35.5 Å². The van der Waals surface area contributed by atoms with Gasteiger partial charge in [0.05, 0.1) is 18.3 Å². The Morgan fingerprint density at radius 2 is 1.83 bits per heavy atom. The number of hydrogen-bond acceptors (Lipinski definition) is 9. The molecule has 0 radical (unpaired) electrons. The van der Waals surface area contributed by atoms with Gasteiger partial charge in [0.1, 0.15) is 17.3 Å². The molecule has 1 aliphatic heterocycles. The number of thiazole rings is 1. The molecular formula is C37H39N5O5S. The molecule has 48 heavy (non-hydrogen) atoms. The number of nitrogens with one attached hydrogen (secondary N) is 2. The molecule has 1 fully saturated rings. The summed E-state index contributed by atoms with van der Waals surface area (Å²) in [4.78, 5) is 54.5. The predicted octanol–water partition coefficient (Wildman–Crippen LogP) is 6.15. The van der Waals surface area contributed by atoms with Crippen LogP contribution in [0.1, 0.15) is 51.3 Å². The van der Waals surface area contributed by atoms with Gasteiger partial charge in [-0.15, -0.1) is 11.3 Å². The van der Waals surface area contributed by atoms with Gasteiger partial charge in [0, 0.05) is 41.3 Å². The average Bonchev–Trinajstić information content (AvgIpc) is 3.60. The van der Waals surface area contributed by atoms with Gasteiger partial charge < -0.3 is 19.8 Å². The van der Waals surface area contributed by atoms with Gasteiger partial charge in [-0.1, -0.05) is 42.5 Å². The molecule has 5 aromatic rings. The molecule has 3 aromatic heterocycles. The summed E-state index contributed by atoms with van der Waals surface area (Å²) in [5, 5.41) is 4.26. The molecule has 0 saturated carbocycles. The number of H-pyrrole nitrogens is 1. The SMILES string of the molecule is COC(=O)c1[nH]c2cc(CCCNC(=O)OCc3ccccc3)ccc2c(=O)c1CC1CCN(Cc2cnc(-c3ccccn3)s2)CC1. The Labute approximate surface area is 283 Å². The molecule has 1 aliphatic rings. The first-order valence-electron chi connectivity index (χ1n) is 16.3. The van der Waals surface area contributed by atoms with Crippen molar-refractivity contribution in [2.24, 2.45) is 5.92 Å². The maximum atomic E-state index is 13.8. The number of carbonyl (C=O) groups excluding carboxylic acids is 2. The highest BCUT2D eigenvalue weighted by molar-refractivity contribution is 7.14. The van der Waals surface area contributed by atoms with Crippen molar-refractivity contribution in [3.63, 3.8) is 0 Å². The number of aromatic amines is 1. The molecule has 4 heterocycles. The number of fused-ring (bicyclic) bond motifs is 1. The Bertz CT molecular complexity index is 1900. The Balaban J connectivity index is 1.04. The normalized spacial score (nSPS) is 13.8. The van der Waals surface area contributed by atoms with Crippen LogP contribution in [0.25, 0.3) is 21.6 Å². The summed E-state index contributed by atoms with van der Waals surface area (Å²) in [7, 11) is 1.33. The summed E-state index contributed by atoms with van der Waals surface area (Å²) in [5.74, 6) is -0.265. The minimum atomic E-state index is -0.543. The molecule has 10 nitrogen and oxygen atoms in total. The fraction of sp³-hybridized carbons (Fsp3) is 0.324. The molecule has 0 spiro atoms. The summed E-state index contributed by atoms with van der Waals surface area (Å²) < 4.78 is 10.4. The Morgan fingerprint density at radius 3 is 2.60 bits per heavy atom. The Hall–Kier alpha value is -4.87. The predicted molar refractivity (Wildman–Crippen MR) is 186 cm³/mol. The first-order valence-corrected chi connectivity index (χ1v) is 17.1. The van der Waals surface area contributed by atoms with Crippen LogP contribution < -0.4 is 10.7 Å². The highest BCUT2D eigenvalue weighted by Crippen LogP contribution is 2.28. The van der Waals surface area contributed by atoms with Gasteiger partial charge in [0.2, 0.25) is 0 Å². The summed E-state index contributed by atoms with van der Waals surface area (Å²) in [6, 6.07) is 21.0. The molecule has 1 amide bonds. The number of esters is 1. The van der Waals surface area contributed by atoms with Crippen molar-refractivity contribution < 1.29 is 19.1 Å². The van der Waals surface area contributed by atoms with Gasteiger partial charge >= 0.3 is 12.1 Å². The lowest BCUT2D eigenvalue weighted by molar-refractivity contribution is 0.0592. The zero-order valence-corrected chi connectivity index (χ0v) is 27.8. The van der Waals surface area contributed by atoms with Crippen molar-refractivity contribution >= 4 is 34.3 Å². The van der Waals surface area contributed by atoms with Crippen molar-refractivity contribution in [2.45, 2.75) is 45.3 Å². The monoisotopic (exact) mass is 665 g/mol. The number of piperidine rings is 1. The first kappa shape index (κ1) is 33.0. The third-order valence-corrected chi connectivity index (χ3v) is 9.70. The molecule has 6 rings (SSSR count). The Kier molecular flexibility index (Phi) is 10.9. The van der Waals surface area contributed by atoms with E-state index in [2.05, 4.69) is 25.2 Å². The van der Waals surface area contributed by atoms with E-state index in [1.54, 1.807) is 17.5 Å². The maximum absolute atomic E-state index is 13.8. The van der Waals surface area contributed by atoms with Crippen molar-refractivity contribution in [3.8, 4) is 10.7 Å². The fourth-order valence-electron chi connectivity index (χ4n) is 6.11. The minimum absolute atomic E-state index is 0.132. The van der Waals surface area contributed by atoms with E-state index in [9.17, 15) is 14.4 Å². The molecular weight excluding hydrogens is 627 g/mol. The largest absolute Gasteiger partial charge is 0.464 e. The lowest BCUT2D eigenvalue weighted by atomic mass is 9.88. The number of pyridine rings is 2. The number of aromatic nitrogens is 3. The van der Waals surface area contributed by atoms with E-state index in [1.165, 1.54) is 12.0 Å². The van der Waals surface area contributed by atoms with Gasteiger partial charge in [0.15, 0.2) is 5.43 Å². The molecule has 0 atom stereocenters. The van der Waals surface area contributed by atoms with Crippen LogP contribution in [0.4, 0.5) is 4.79 Å². The summed E-state index contributed by atoms with van der Waals surface area (Å²) in [6.07, 6.45) is 6.99. The summed E-state index contributed by atoms with van der Waals surface area (Å²) in [6.45, 7) is 3.31. The molecule has 1 saturated heterocycles. The van der Waals surface area contributed by atoms with E-state index in [1.807, 2.05) is 72.9 Å². The average molecular weight is 666 g/mol. The zero-order valence-electron chi connectivity index (χ0n) is 26.9. The van der Waals surface area contributed by atoms with Crippen molar-refractivity contribution in [1.29, 1.82) is 0 Å². The number of likely N-dealkylation sites (tertiary alicyclic amines) is 1. The molecule has 0 aliphatic carbocycles. The topological polar surface area (TPSA) is 127 Å². The first-order chi connectivity index (χ1) is 23.5. The third-order valence-electron chi connectivity index (χ3n) is 8.69. The van der Waals surface area contributed by atoms with Gasteiger partial charge in [-0.05, 0) is 86.5 Å². The fourth-order valence-corrected chi connectivity index (χ4v) is 7.04. The second kappa shape index (κ2) is 15.8. The minimum Gasteiger partial charge on any atom is -0.464 e. The number of ether oxygens (including phenoxy) is 2. The third kappa shape index (κ3) is 8.34. The quantitative estimate of drug-likeness (QED) is 0.120. The lowest BCUT2D eigenvalue weighted by Gasteiger charge is -2.31. The summed E-state index contributed by atoms with van der Waals surface area (Å²) in [5.41, 5.74) is 3.98. The number of aryl methyl sites for hydroxylation is 1. The second-order valence-electron chi connectivity index (χ2n) is 12.0. The van der Waals surface area contributed by atoms with Gasteiger partial charge in [-0.3, -0.25) is 14.7 Å². The number of amides is 1. The molecule has 2 aromatic carbocycles. The van der Waals surface area contributed by atoms with Crippen LogP contribution in [-0.4, -0.2) is 58.7 Å². The molecule has 0 bridgehead atoms. The van der Waals surface area contributed by atoms with E-state index in [0.29, 0.717) is 42.3 Å². The number of nitrogens with zero attached hydrogens (tertiary/aromatic N) is 3. The number of methoxy groups -OCH3 is 1. The van der Waals surface area contributed by atoms with Crippen molar-refractivity contribution in [1.82, 2.24) is 25.2 Å². The van der Waals surface area contributed by atoms with Crippen LogP contribution in [0.3, 0.4) is 0 Å². The van der Waals surface area contributed by atoms with Gasteiger partial charge in [-0.25, -0.2) is 14.6 Å². The smallest absolute Gasteiger partial charge is 0.407 e. The van der Waals surface area contributed by atoms with Crippen LogP contribution >= 0.6 is 11.3 Å². The molecule has 248 valence electrons. The van der Waals surface area contributed by atoms with E-state index in [4.69, 9.17) is 9.47 Å². The van der Waals surface area contributed by atoms with Crippen LogP contribution in [0.2, 0.25) is 0 Å². The summed E-state index contributed by atoms with van der Waals surface area (Å²) >= 11 is 1.67. The van der Waals surface area contributed by atoms with Crippen molar-refractivity contribution in [2.75, 3.05) is 26.7 Å². The number of alkyl carbamates (subject to hydrolysis) is 1. The van der Waals surface area contributed by atoms with E-state index in [-0.39, 0.29) is 23.6 Å². The number of rotatable bonds is 12. The lowest BCUT2D eigenvalue weighted by Crippen LogP contribution is -2.34.